The Labute approximate surface area is 220 Å². The standard InChI is InChI=1S/C27H29ClN6O3/c1-27(2)36-23-17(13-35-19-6-5-16-9-18(28)12-29-21(16)11-19)10-22(24(23)37-27)34-8-7-20-25(32-15-33(3)4)30-14-31-26(20)34/h5-9,11-12,14-15,17,22-24H,10,13H2,1-4H3/b32-15+/t17-,22-,23-,24+/m1/s1. The van der Waals surface area contributed by atoms with Gasteiger partial charge in [-0.25, -0.2) is 15.0 Å². The van der Waals surface area contributed by atoms with Gasteiger partial charge in [0.25, 0.3) is 0 Å². The molecule has 2 aliphatic rings. The minimum Gasteiger partial charge on any atom is -0.493 e. The van der Waals surface area contributed by atoms with Gasteiger partial charge in [-0.2, -0.15) is 0 Å². The van der Waals surface area contributed by atoms with Crippen molar-refractivity contribution < 1.29 is 14.2 Å². The molecule has 2 fully saturated rings. The molecule has 6 rings (SSSR count). The molecule has 0 radical (unpaired) electrons. The molecule has 37 heavy (non-hydrogen) atoms. The van der Waals surface area contributed by atoms with Crippen LogP contribution in [0.2, 0.25) is 5.02 Å². The van der Waals surface area contributed by atoms with Crippen LogP contribution in [0.5, 0.6) is 5.75 Å². The SMILES string of the molecule is CN(C)/C=N/c1ncnc2c1ccn2[C@@H]1C[C@H](COc2ccc3cc(Cl)cnc3c2)[C@H]2OC(C)(C)O[C@H]21. The van der Waals surface area contributed by atoms with Gasteiger partial charge in [0.05, 0.1) is 41.0 Å². The summed E-state index contributed by atoms with van der Waals surface area (Å²) in [6, 6.07) is 9.83. The lowest BCUT2D eigenvalue weighted by atomic mass is 10.1. The van der Waals surface area contributed by atoms with Gasteiger partial charge in [0.2, 0.25) is 0 Å². The first-order valence-corrected chi connectivity index (χ1v) is 12.7. The average Bonchev–Trinajstić information content (AvgIpc) is 3.52. The van der Waals surface area contributed by atoms with Crippen molar-refractivity contribution in [3.63, 3.8) is 0 Å². The Morgan fingerprint density at radius 3 is 2.84 bits per heavy atom. The molecule has 4 atom stereocenters. The molecule has 1 aromatic carbocycles. The predicted octanol–water partition coefficient (Wildman–Crippen LogP) is 5.01. The topological polar surface area (TPSA) is 86.9 Å². The molecule has 0 amide bonds. The molecule has 1 saturated carbocycles. The second-order valence-corrected chi connectivity index (χ2v) is 10.7. The number of hydrogen-bond donors (Lipinski definition) is 0. The van der Waals surface area contributed by atoms with E-state index in [0.29, 0.717) is 17.4 Å². The van der Waals surface area contributed by atoms with Crippen molar-refractivity contribution in [1.82, 2.24) is 24.4 Å². The maximum atomic E-state index is 6.42. The molecule has 0 spiro atoms. The van der Waals surface area contributed by atoms with Gasteiger partial charge in [-0.05, 0) is 44.5 Å². The van der Waals surface area contributed by atoms with E-state index in [1.165, 1.54) is 0 Å². The maximum Gasteiger partial charge on any atom is 0.166 e. The molecule has 1 saturated heterocycles. The van der Waals surface area contributed by atoms with Crippen LogP contribution in [0.1, 0.15) is 26.3 Å². The third-order valence-corrected chi connectivity index (χ3v) is 7.10. The number of aliphatic imine (C=N–C) groups is 1. The molecular formula is C27H29ClN6O3. The van der Waals surface area contributed by atoms with E-state index in [0.717, 1.165) is 34.1 Å². The molecule has 1 aliphatic carbocycles. The number of ether oxygens (including phenoxy) is 3. The molecule has 192 valence electrons. The summed E-state index contributed by atoms with van der Waals surface area (Å²) >= 11 is 6.07. The summed E-state index contributed by atoms with van der Waals surface area (Å²) in [7, 11) is 3.86. The summed E-state index contributed by atoms with van der Waals surface area (Å²) < 4.78 is 21.2. The monoisotopic (exact) mass is 520 g/mol. The van der Waals surface area contributed by atoms with Gasteiger partial charge < -0.3 is 23.7 Å². The van der Waals surface area contributed by atoms with Crippen LogP contribution in [0.3, 0.4) is 0 Å². The van der Waals surface area contributed by atoms with Crippen molar-refractivity contribution in [2.45, 2.75) is 44.3 Å². The van der Waals surface area contributed by atoms with Crippen LogP contribution in [-0.2, 0) is 9.47 Å². The van der Waals surface area contributed by atoms with Gasteiger partial charge in [-0.15, -0.1) is 0 Å². The number of nitrogens with zero attached hydrogens (tertiary/aromatic N) is 6. The highest BCUT2D eigenvalue weighted by Crippen LogP contribution is 2.48. The highest BCUT2D eigenvalue weighted by Gasteiger charge is 2.55. The molecule has 4 aromatic rings. The van der Waals surface area contributed by atoms with E-state index in [1.807, 2.05) is 69.4 Å². The Hall–Kier alpha value is -3.27. The Bertz CT molecular complexity index is 1490. The molecule has 0 bridgehead atoms. The molecule has 10 heteroatoms. The van der Waals surface area contributed by atoms with Crippen molar-refractivity contribution >= 4 is 45.7 Å². The van der Waals surface area contributed by atoms with Gasteiger partial charge >= 0.3 is 0 Å². The van der Waals surface area contributed by atoms with Gasteiger partial charge in [-0.3, -0.25) is 4.98 Å². The lowest BCUT2D eigenvalue weighted by Gasteiger charge is -2.24. The third kappa shape index (κ3) is 4.63. The lowest BCUT2D eigenvalue weighted by Crippen LogP contribution is -2.29. The van der Waals surface area contributed by atoms with Crippen LogP contribution in [0.15, 0.2) is 54.0 Å². The fourth-order valence-corrected chi connectivity index (χ4v) is 5.52. The fourth-order valence-electron chi connectivity index (χ4n) is 5.36. The number of fused-ring (bicyclic) bond motifs is 3. The van der Waals surface area contributed by atoms with E-state index < -0.39 is 5.79 Å². The Morgan fingerprint density at radius 1 is 1.16 bits per heavy atom. The summed E-state index contributed by atoms with van der Waals surface area (Å²) in [5.74, 6) is 0.874. The zero-order valence-electron chi connectivity index (χ0n) is 21.2. The molecular weight excluding hydrogens is 492 g/mol. The first kappa shape index (κ1) is 24.1. The number of rotatable bonds is 6. The normalized spacial score (nSPS) is 24.8. The van der Waals surface area contributed by atoms with Crippen molar-refractivity contribution in [3.8, 4) is 5.75 Å². The van der Waals surface area contributed by atoms with Gasteiger partial charge in [0, 0.05) is 43.9 Å². The maximum absolute atomic E-state index is 6.42. The third-order valence-electron chi connectivity index (χ3n) is 6.89. The Morgan fingerprint density at radius 2 is 2.00 bits per heavy atom. The van der Waals surface area contributed by atoms with Crippen LogP contribution in [0, 0.1) is 5.92 Å². The van der Waals surface area contributed by atoms with Gasteiger partial charge in [-0.1, -0.05) is 11.6 Å². The Balaban J connectivity index is 1.26. The lowest BCUT2D eigenvalue weighted by molar-refractivity contribution is -0.161. The number of benzene rings is 1. The molecule has 3 aromatic heterocycles. The number of aromatic nitrogens is 4. The quantitative estimate of drug-likeness (QED) is 0.261. The zero-order chi connectivity index (χ0) is 25.7. The van der Waals surface area contributed by atoms with Crippen molar-refractivity contribution in [1.29, 1.82) is 0 Å². The average molecular weight is 521 g/mol. The van der Waals surface area contributed by atoms with Crippen molar-refractivity contribution in [2.75, 3.05) is 20.7 Å². The first-order chi connectivity index (χ1) is 17.8. The van der Waals surface area contributed by atoms with Crippen LogP contribution in [-0.4, -0.2) is 69.5 Å². The number of halogens is 1. The summed E-state index contributed by atoms with van der Waals surface area (Å²) in [4.78, 5) is 19.8. The molecule has 0 N–H and O–H groups in total. The second kappa shape index (κ2) is 9.24. The smallest absolute Gasteiger partial charge is 0.166 e. The van der Waals surface area contributed by atoms with Crippen LogP contribution in [0.25, 0.3) is 21.9 Å². The van der Waals surface area contributed by atoms with E-state index in [4.69, 9.17) is 25.8 Å². The summed E-state index contributed by atoms with van der Waals surface area (Å²) in [5, 5.41) is 2.49. The number of hydrogen-bond acceptors (Lipinski definition) is 7. The van der Waals surface area contributed by atoms with Crippen LogP contribution < -0.4 is 4.74 Å². The van der Waals surface area contributed by atoms with Crippen LogP contribution >= 0.6 is 11.6 Å². The molecule has 9 nitrogen and oxygen atoms in total. The van der Waals surface area contributed by atoms with Crippen LogP contribution in [0.4, 0.5) is 5.82 Å². The van der Waals surface area contributed by atoms with Gasteiger partial charge in [0.1, 0.15) is 23.8 Å². The van der Waals surface area contributed by atoms with E-state index >= 15 is 0 Å². The molecule has 0 unspecified atom stereocenters. The second-order valence-electron chi connectivity index (χ2n) is 10.3. The van der Waals surface area contributed by atoms with Crippen molar-refractivity contribution in [2.24, 2.45) is 10.9 Å². The summed E-state index contributed by atoms with van der Waals surface area (Å²) in [5.41, 5.74) is 1.68. The summed E-state index contributed by atoms with van der Waals surface area (Å²) in [6.45, 7) is 4.43. The number of pyridine rings is 1. The van der Waals surface area contributed by atoms with E-state index in [9.17, 15) is 0 Å². The van der Waals surface area contributed by atoms with Gasteiger partial charge in [0.15, 0.2) is 11.6 Å². The fraction of sp³-hybridized carbons (Fsp3) is 0.407. The zero-order valence-corrected chi connectivity index (χ0v) is 22.0. The van der Waals surface area contributed by atoms with E-state index in [-0.39, 0.29) is 24.2 Å². The van der Waals surface area contributed by atoms with Crippen molar-refractivity contribution in [3.05, 3.63) is 54.1 Å². The highest BCUT2D eigenvalue weighted by atomic mass is 35.5. The highest BCUT2D eigenvalue weighted by molar-refractivity contribution is 6.31. The summed E-state index contributed by atoms with van der Waals surface area (Å²) in [6.07, 6.45) is 7.61. The Kier molecular flexibility index (Phi) is 6.01. The predicted molar refractivity (Wildman–Crippen MR) is 143 cm³/mol. The first-order valence-electron chi connectivity index (χ1n) is 12.3. The molecule has 4 heterocycles. The minimum atomic E-state index is -0.669. The molecule has 1 aliphatic heterocycles. The minimum absolute atomic E-state index is 0.0406. The van der Waals surface area contributed by atoms with E-state index in [1.54, 1.807) is 18.9 Å². The largest absolute Gasteiger partial charge is 0.493 e. The van der Waals surface area contributed by atoms with E-state index in [2.05, 4.69) is 24.5 Å².